The van der Waals surface area contributed by atoms with Gasteiger partial charge in [-0.3, -0.25) is 9.48 Å². The second-order valence-electron chi connectivity index (χ2n) is 7.81. The molecule has 0 unspecified atom stereocenters. The number of sulfonamides is 1. The van der Waals surface area contributed by atoms with Crippen molar-refractivity contribution in [2.45, 2.75) is 24.4 Å². The second kappa shape index (κ2) is 8.36. The van der Waals surface area contributed by atoms with Crippen LogP contribution in [-0.2, 0) is 36.6 Å². The van der Waals surface area contributed by atoms with Crippen molar-refractivity contribution in [3.05, 3.63) is 70.0 Å². The lowest BCUT2D eigenvalue weighted by molar-refractivity contribution is 0.0943. The summed E-state index contributed by atoms with van der Waals surface area (Å²) in [5, 5.41) is 7.71. The summed E-state index contributed by atoms with van der Waals surface area (Å²) in [5.41, 5.74) is 2.55. The first-order valence-electron chi connectivity index (χ1n) is 10.3. The van der Waals surface area contributed by atoms with Gasteiger partial charge in [-0.1, -0.05) is 17.7 Å². The molecule has 0 aliphatic carbocycles. The van der Waals surface area contributed by atoms with Gasteiger partial charge >= 0.3 is 0 Å². The fraction of sp³-hybridized carbons (Fsp3) is 0.273. The van der Waals surface area contributed by atoms with Crippen molar-refractivity contribution in [3.8, 4) is 11.5 Å². The first-order chi connectivity index (χ1) is 15.8. The summed E-state index contributed by atoms with van der Waals surface area (Å²) in [5.74, 6) is 0.945. The van der Waals surface area contributed by atoms with Gasteiger partial charge in [0.05, 0.1) is 4.90 Å². The molecule has 33 heavy (non-hydrogen) atoms. The predicted molar refractivity (Wildman–Crippen MR) is 120 cm³/mol. The zero-order valence-electron chi connectivity index (χ0n) is 17.7. The Kier molecular flexibility index (Phi) is 5.51. The summed E-state index contributed by atoms with van der Waals surface area (Å²) in [7, 11) is -1.97. The summed E-state index contributed by atoms with van der Waals surface area (Å²) in [6.45, 7) is 0.824. The Morgan fingerprint density at radius 1 is 1.15 bits per heavy atom. The smallest absolute Gasteiger partial charge is 0.272 e. The van der Waals surface area contributed by atoms with Crippen LogP contribution >= 0.6 is 11.6 Å². The molecule has 0 spiro atoms. The van der Waals surface area contributed by atoms with Crippen LogP contribution in [0.3, 0.4) is 0 Å². The highest BCUT2D eigenvalue weighted by Crippen LogP contribution is 2.32. The van der Waals surface area contributed by atoms with Gasteiger partial charge in [-0.2, -0.15) is 9.40 Å². The Hall–Kier alpha value is -3.08. The molecule has 1 N–H and O–H groups in total. The zero-order chi connectivity index (χ0) is 23.2. The SMILES string of the molecule is Cn1nc(C(=O)NCc2ccc3c(c2)OCO3)c2c1CCN(S(=O)(=O)c1ccc(Cl)cc1)C2. The fourth-order valence-electron chi connectivity index (χ4n) is 4.03. The van der Waals surface area contributed by atoms with Crippen molar-refractivity contribution in [1.82, 2.24) is 19.4 Å². The number of aromatic nitrogens is 2. The van der Waals surface area contributed by atoms with Gasteiger partial charge in [0.2, 0.25) is 16.8 Å². The third kappa shape index (κ3) is 4.05. The molecule has 1 aromatic heterocycles. The maximum atomic E-state index is 13.1. The van der Waals surface area contributed by atoms with Crippen LogP contribution in [-0.4, -0.2) is 41.7 Å². The van der Waals surface area contributed by atoms with Gasteiger partial charge in [-0.05, 0) is 42.0 Å². The number of hydrogen-bond donors (Lipinski definition) is 1. The molecule has 0 fully saturated rings. The lowest BCUT2D eigenvalue weighted by atomic mass is 10.1. The normalized spacial score (nSPS) is 15.3. The third-order valence-corrected chi connectivity index (χ3v) is 7.88. The van der Waals surface area contributed by atoms with Crippen molar-refractivity contribution >= 4 is 27.5 Å². The van der Waals surface area contributed by atoms with E-state index in [1.54, 1.807) is 29.9 Å². The molecule has 1 amide bonds. The summed E-state index contributed by atoms with van der Waals surface area (Å²) in [6, 6.07) is 11.5. The monoisotopic (exact) mass is 488 g/mol. The maximum absolute atomic E-state index is 13.1. The molecule has 5 rings (SSSR count). The molecule has 3 aromatic rings. The molecule has 11 heteroatoms. The van der Waals surface area contributed by atoms with Gasteiger partial charge in [-0.25, -0.2) is 8.42 Å². The molecule has 2 aliphatic heterocycles. The van der Waals surface area contributed by atoms with Crippen LogP contribution in [0.4, 0.5) is 0 Å². The molecule has 2 aliphatic rings. The van der Waals surface area contributed by atoms with E-state index in [0.29, 0.717) is 35.1 Å². The highest BCUT2D eigenvalue weighted by molar-refractivity contribution is 7.89. The van der Waals surface area contributed by atoms with Crippen LogP contribution in [0.2, 0.25) is 5.02 Å². The molecule has 0 bridgehead atoms. The van der Waals surface area contributed by atoms with Crippen molar-refractivity contribution < 1.29 is 22.7 Å². The molecule has 9 nitrogen and oxygen atoms in total. The average molecular weight is 489 g/mol. The van der Waals surface area contributed by atoms with E-state index in [4.69, 9.17) is 21.1 Å². The van der Waals surface area contributed by atoms with Gasteiger partial charge < -0.3 is 14.8 Å². The van der Waals surface area contributed by atoms with E-state index < -0.39 is 10.0 Å². The standard InChI is InChI=1S/C22H21ClN4O5S/c1-26-18-8-9-27(33(29,30)16-5-3-15(23)4-6-16)12-17(18)21(25-26)22(28)24-11-14-2-7-19-20(10-14)32-13-31-19/h2-7,10H,8-9,11-13H2,1H3,(H,24,28). The molecular weight excluding hydrogens is 468 g/mol. The van der Waals surface area contributed by atoms with Gasteiger partial charge in [-0.15, -0.1) is 0 Å². The Morgan fingerprint density at radius 3 is 2.70 bits per heavy atom. The molecule has 2 aromatic carbocycles. The van der Waals surface area contributed by atoms with Gasteiger partial charge in [0.15, 0.2) is 17.2 Å². The molecule has 0 saturated carbocycles. The molecular formula is C22H21ClN4O5S. The van der Waals surface area contributed by atoms with Gasteiger partial charge in [0.25, 0.3) is 5.91 Å². The quantitative estimate of drug-likeness (QED) is 0.592. The van der Waals surface area contributed by atoms with Crippen LogP contribution in [0.5, 0.6) is 11.5 Å². The van der Waals surface area contributed by atoms with Crippen molar-refractivity contribution in [1.29, 1.82) is 0 Å². The van der Waals surface area contributed by atoms with E-state index in [-0.39, 0.29) is 36.4 Å². The van der Waals surface area contributed by atoms with Crippen LogP contribution in [0.25, 0.3) is 0 Å². The van der Waals surface area contributed by atoms with Crippen LogP contribution in [0.15, 0.2) is 47.4 Å². The molecule has 3 heterocycles. The average Bonchev–Trinajstić information content (AvgIpc) is 3.41. The number of nitrogens with one attached hydrogen (secondary N) is 1. The Balaban J connectivity index is 1.35. The lowest BCUT2D eigenvalue weighted by Crippen LogP contribution is -2.37. The van der Waals surface area contributed by atoms with Gasteiger partial charge in [0, 0.05) is 49.4 Å². The molecule has 0 atom stereocenters. The van der Waals surface area contributed by atoms with Gasteiger partial charge in [0.1, 0.15) is 0 Å². The highest BCUT2D eigenvalue weighted by Gasteiger charge is 2.33. The maximum Gasteiger partial charge on any atom is 0.272 e. The lowest BCUT2D eigenvalue weighted by Gasteiger charge is -2.27. The number of carbonyl (C=O) groups is 1. The molecule has 172 valence electrons. The Bertz CT molecular complexity index is 1340. The number of benzene rings is 2. The first kappa shape index (κ1) is 21.7. The minimum absolute atomic E-state index is 0.0703. The predicted octanol–water partition coefficient (Wildman–Crippen LogP) is 2.48. The number of carbonyl (C=O) groups excluding carboxylic acids is 1. The van der Waals surface area contributed by atoms with Crippen molar-refractivity contribution in [2.24, 2.45) is 7.05 Å². The third-order valence-electron chi connectivity index (χ3n) is 5.76. The largest absolute Gasteiger partial charge is 0.454 e. The summed E-state index contributed by atoms with van der Waals surface area (Å²) in [4.78, 5) is 13.1. The van der Waals surface area contributed by atoms with E-state index in [1.807, 2.05) is 12.1 Å². The first-order valence-corrected chi connectivity index (χ1v) is 12.1. The number of fused-ring (bicyclic) bond motifs is 2. The van der Waals surface area contributed by atoms with Crippen LogP contribution in [0.1, 0.15) is 27.3 Å². The van der Waals surface area contributed by atoms with E-state index in [2.05, 4.69) is 10.4 Å². The number of rotatable bonds is 5. The minimum Gasteiger partial charge on any atom is -0.454 e. The zero-order valence-corrected chi connectivity index (χ0v) is 19.3. The van der Waals surface area contributed by atoms with Crippen LogP contribution in [0, 0.1) is 0 Å². The second-order valence-corrected chi connectivity index (χ2v) is 10.2. The highest BCUT2D eigenvalue weighted by atomic mass is 35.5. The number of nitrogens with zero attached hydrogens (tertiary/aromatic N) is 3. The van der Waals surface area contributed by atoms with E-state index in [1.165, 1.54) is 16.4 Å². The Morgan fingerprint density at radius 2 is 1.91 bits per heavy atom. The minimum atomic E-state index is -3.74. The number of ether oxygens (including phenoxy) is 2. The molecule has 0 radical (unpaired) electrons. The van der Waals surface area contributed by atoms with Crippen molar-refractivity contribution in [3.63, 3.8) is 0 Å². The van der Waals surface area contributed by atoms with Crippen LogP contribution < -0.4 is 14.8 Å². The topological polar surface area (TPSA) is 103 Å². The van der Waals surface area contributed by atoms with E-state index >= 15 is 0 Å². The number of hydrogen-bond acceptors (Lipinski definition) is 6. The number of amides is 1. The molecule has 0 saturated heterocycles. The van der Waals surface area contributed by atoms with E-state index in [0.717, 1.165) is 11.3 Å². The Labute approximate surface area is 195 Å². The van der Waals surface area contributed by atoms with E-state index in [9.17, 15) is 13.2 Å². The fourth-order valence-corrected chi connectivity index (χ4v) is 5.56. The summed E-state index contributed by atoms with van der Waals surface area (Å²) in [6.07, 6.45) is 0.459. The summed E-state index contributed by atoms with van der Waals surface area (Å²) >= 11 is 5.90. The number of aryl methyl sites for hydroxylation is 1. The summed E-state index contributed by atoms with van der Waals surface area (Å²) < 4.78 is 40.0. The number of halogens is 1. The van der Waals surface area contributed by atoms with Crippen molar-refractivity contribution in [2.75, 3.05) is 13.3 Å².